The average molecular weight is 268 g/mol. The number of methoxy groups -OCH3 is 1. The highest BCUT2D eigenvalue weighted by molar-refractivity contribution is 5.87. The maximum absolute atomic E-state index is 10.9. The molecule has 0 saturated heterocycles. The van der Waals surface area contributed by atoms with Crippen molar-refractivity contribution in [2.75, 3.05) is 7.11 Å². The number of rotatable bonds is 3. The van der Waals surface area contributed by atoms with Gasteiger partial charge in [-0.3, -0.25) is 0 Å². The molecule has 0 bridgehead atoms. The highest BCUT2D eigenvalue weighted by Crippen LogP contribution is 2.24. The van der Waals surface area contributed by atoms with Crippen molar-refractivity contribution in [3.8, 4) is 16.9 Å². The van der Waals surface area contributed by atoms with Crippen LogP contribution in [-0.2, 0) is 0 Å². The molecule has 5 heteroatoms. The summed E-state index contributed by atoms with van der Waals surface area (Å²) in [6.45, 7) is 0. The Morgan fingerprint density at radius 1 is 1.20 bits per heavy atom. The van der Waals surface area contributed by atoms with Gasteiger partial charge < -0.3 is 14.2 Å². The molecule has 20 heavy (non-hydrogen) atoms. The van der Waals surface area contributed by atoms with Gasteiger partial charge in [0.1, 0.15) is 12.1 Å². The Morgan fingerprint density at radius 2 is 1.95 bits per heavy atom. The number of aromatic carboxylic acids is 1. The van der Waals surface area contributed by atoms with Gasteiger partial charge in [0.05, 0.1) is 7.11 Å². The van der Waals surface area contributed by atoms with Crippen LogP contribution in [0.4, 0.5) is 0 Å². The molecular weight excluding hydrogens is 256 g/mol. The van der Waals surface area contributed by atoms with E-state index in [1.807, 2.05) is 36.5 Å². The van der Waals surface area contributed by atoms with Crippen LogP contribution in [0.5, 0.6) is 5.75 Å². The van der Waals surface area contributed by atoms with E-state index in [2.05, 4.69) is 4.98 Å². The molecular formula is C15H12N2O3. The standard InChI is InChI=1S/C15H12N2O3/c1-20-13-4-2-10(3-5-13)11-6-12-7-14(15(18)19)16-9-17(12)8-11/h2-9H,1H3,(H,18,19). The summed E-state index contributed by atoms with van der Waals surface area (Å²) < 4.78 is 6.92. The Bertz CT molecular complexity index is 775. The van der Waals surface area contributed by atoms with Gasteiger partial charge in [-0.05, 0) is 29.8 Å². The first-order valence-electron chi connectivity index (χ1n) is 6.03. The molecule has 0 aliphatic heterocycles. The van der Waals surface area contributed by atoms with Crippen molar-refractivity contribution in [1.82, 2.24) is 9.38 Å². The molecule has 0 unspecified atom stereocenters. The van der Waals surface area contributed by atoms with Gasteiger partial charge >= 0.3 is 5.97 Å². The summed E-state index contributed by atoms with van der Waals surface area (Å²) in [5.41, 5.74) is 2.86. The molecule has 3 aromatic rings. The van der Waals surface area contributed by atoms with Gasteiger partial charge in [0.25, 0.3) is 0 Å². The molecule has 0 atom stereocenters. The summed E-state index contributed by atoms with van der Waals surface area (Å²) in [5.74, 6) is -0.230. The lowest BCUT2D eigenvalue weighted by Gasteiger charge is -2.00. The van der Waals surface area contributed by atoms with Crippen molar-refractivity contribution in [2.45, 2.75) is 0 Å². The van der Waals surface area contributed by atoms with Crippen molar-refractivity contribution in [3.63, 3.8) is 0 Å². The zero-order valence-electron chi connectivity index (χ0n) is 10.8. The van der Waals surface area contributed by atoms with Crippen LogP contribution in [-0.4, -0.2) is 27.6 Å². The van der Waals surface area contributed by atoms with Gasteiger partial charge in [-0.2, -0.15) is 0 Å². The molecule has 0 amide bonds. The Balaban J connectivity index is 2.05. The van der Waals surface area contributed by atoms with Crippen LogP contribution in [0, 0.1) is 0 Å². The van der Waals surface area contributed by atoms with Gasteiger partial charge in [0.15, 0.2) is 5.69 Å². The molecule has 0 fully saturated rings. The minimum Gasteiger partial charge on any atom is -0.497 e. The van der Waals surface area contributed by atoms with Crippen LogP contribution >= 0.6 is 0 Å². The fourth-order valence-electron chi connectivity index (χ4n) is 2.07. The number of nitrogens with zero attached hydrogens (tertiary/aromatic N) is 2. The first-order chi connectivity index (χ1) is 9.67. The molecule has 1 N–H and O–H groups in total. The van der Waals surface area contributed by atoms with Gasteiger partial charge in [-0.1, -0.05) is 12.1 Å². The maximum atomic E-state index is 10.9. The molecule has 1 aromatic carbocycles. The molecule has 2 aromatic heterocycles. The number of hydrogen-bond acceptors (Lipinski definition) is 3. The number of carbonyl (C=O) groups is 1. The van der Waals surface area contributed by atoms with Crippen LogP contribution in [0.2, 0.25) is 0 Å². The third kappa shape index (κ3) is 2.09. The summed E-state index contributed by atoms with van der Waals surface area (Å²) in [6.07, 6.45) is 3.42. The highest BCUT2D eigenvalue weighted by Gasteiger charge is 2.08. The first kappa shape index (κ1) is 12.2. The quantitative estimate of drug-likeness (QED) is 0.793. The van der Waals surface area contributed by atoms with E-state index in [1.54, 1.807) is 17.6 Å². The van der Waals surface area contributed by atoms with Crippen LogP contribution in [0.1, 0.15) is 10.5 Å². The fraction of sp³-hybridized carbons (Fsp3) is 0.0667. The zero-order valence-corrected chi connectivity index (χ0v) is 10.8. The summed E-state index contributed by atoms with van der Waals surface area (Å²) in [7, 11) is 1.63. The number of aromatic nitrogens is 2. The van der Waals surface area contributed by atoms with E-state index in [-0.39, 0.29) is 5.69 Å². The molecule has 0 spiro atoms. The maximum Gasteiger partial charge on any atom is 0.354 e. The fourth-order valence-corrected chi connectivity index (χ4v) is 2.07. The molecule has 0 aliphatic carbocycles. The van der Waals surface area contributed by atoms with Crippen molar-refractivity contribution in [1.29, 1.82) is 0 Å². The topological polar surface area (TPSA) is 63.8 Å². The van der Waals surface area contributed by atoms with Gasteiger partial charge in [0.2, 0.25) is 0 Å². The second kappa shape index (κ2) is 4.70. The number of hydrogen-bond donors (Lipinski definition) is 1. The Kier molecular flexibility index (Phi) is 2.87. The number of benzene rings is 1. The Morgan fingerprint density at radius 3 is 2.60 bits per heavy atom. The second-order valence-corrected chi connectivity index (χ2v) is 4.37. The first-order valence-corrected chi connectivity index (χ1v) is 6.03. The predicted octanol–water partition coefficient (Wildman–Crippen LogP) is 2.71. The molecule has 100 valence electrons. The Labute approximate surface area is 115 Å². The lowest BCUT2D eigenvalue weighted by molar-refractivity contribution is 0.0690. The van der Waals surface area contributed by atoms with E-state index in [4.69, 9.17) is 9.84 Å². The average Bonchev–Trinajstić information content (AvgIpc) is 2.90. The minimum atomic E-state index is -1.03. The summed E-state index contributed by atoms with van der Waals surface area (Å²) in [4.78, 5) is 14.8. The SMILES string of the molecule is COc1ccc(-c2cc3cc(C(=O)O)ncn3c2)cc1. The lowest BCUT2D eigenvalue weighted by Crippen LogP contribution is -2.00. The van der Waals surface area contributed by atoms with E-state index in [9.17, 15) is 4.79 Å². The van der Waals surface area contributed by atoms with Crippen molar-refractivity contribution >= 4 is 11.5 Å². The molecule has 5 nitrogen and oxygen atoms in total. The molecule has 0 radical (unpaired) electrons. The molecule has 0 saturated carbocycles. The largest absolute Gasteiger partial charge is 0.497 e. The molecule has 0 aliphatic rings. The smallest absolute Gasteiger partial charge is 0.354 e. The van der Waals surface area contributed by atoms with E-state index in [1.165, 1.54) is 6.33 Å². The van der Waals surface area contributed by atoms with Crippen molar-refractivity contribution < 1.29 is 14.6 Å². The van der Waals surface area contributed by atoms with Crippen molar-refractivity contribution in [2.24, 2.45) is 0 Å². The summed E-state index contributed by atoms with van der Waals surface area (Å²) in [6, 6.07) is 11.2. The van der Waals surface area contributed by atoms with Gasteiger partial charge in [0, 0.05) is 17.3 Å². The second-order valence-electron chi connectivity index (χ2n) is 4.37. The predicted molar refractivity (Wildman–Crippen MR) is 74.1 cm³/mol. The van der Waals surface area contributed by atoms with E-state index < -0.39 is 5.97 Å². The molecule has 3 rings (SSSR count). The van der Waals surface area contributed by atoms with E-state index in [0.717, 1.165) is 22.4 Å². The van der Waals surface area contributed by atoms with Crippen LogP contribution in [0.3, 0.4) is 0 Å². The van der Waals surface area contributed by atoms with Crippen LogP contribution in [0.25, 0.3) is 16.6 Å². The number of ether oxygens (including phenoxy) is 1. The molecule has 2 heterocycles. The van der Waals surface area contributed by atoms with Gasteiger partial charge in [-0.25, -0.2) is 9.78 Å². The van der Waals surface area contributed by atoms with E-state index in [0.29, 0.717) is 0 Å². The normalized spacial score (nSPS) is 10.7. The Hall–Kier alpha value is -2.82. The number of carboxylic acid groups (broad SMARTS) is 1. The summed E-state index contributed by atoms with van der Waals surface area (Å²) in [5, 5.41) is 8.94. The zero-order chi connectivity index (χ0) is 14.1. The number of fused-ring (bicyclic) bond motifs is 1. The minimum absolute atomic E-state index is 0.0388. The third-order valence-electron chi connectivity index (χ3n) is 3.13. The lowest BCUT2D eigenvalue weighted by atomic mass is 10.1. The van der Waals surface area contributed by atoms with Gasteiger partial charge in [-0.15, -0.1) is 0 Å². The van der Waals surface area contributed by atoms with E-state index >= 15 is 0 Å². The number of carboxylic acids is 1. The van der Waals surface area contributed by atoms with Crippen LogP contribution in [0.15, 0.2) is 48.9 Å². The van der Waals surface area contributed by atoms with Crippen LogP contribution < -0.4 is 4.74 Å². The monoisotopic (exact) mass is 268 g/mol. The summed E-state index contributed by atoms with van der Waals surface area (Å²) >= 11 is 0. The highest BCUT2D eigenvalue weighted by atomic mass is 16.5. The third-order valence-corrected chi connectivity index (χ3v) is 3.13. The van der Waals surface area contributed by atoms with Crippen molar-refractivity contribution in [3.05, 3.63) is 54.6 Å².